The summed E-state index contributed by atoms with van der Waals surface area (Å²) in [5.41, 5.74) is 14.2. The van der Waals surface area contributed by atoms with Gasteiger partial charge in [0.05, 0.1) is 5.41 Å². The number of ether oxygens (including phenoxy) is 1. The summed E-state index contributed by atoms with van der Waals surface area (Å²) in [5.74, 6) is 3.51. The van der Waals surface area contributed by atoms with E-state index in [0.29, 0.717) is 0 Å². The first kappa shape index (κ1) is 34.2. The molecule has 0 saturated heterocycles. The lowest BCUT2D eigenvalue weighted by molar-refractivity contribution is 0.378. The highest BCUT2D eigenvalue weighted by Gasteiger charge is 2.53. The number of amidine groups is 2. The van der Waals surface area contributed by atoms with Crippen LogP contribution in [0.3, 0.4) is 0 Å². The third-order valence-electron chi connectivity index (χ3n) is 12.5. The monoisotopic (exact) mass is 747 g/mol. The van der Waals surface area contributed by atoms with E-state index in [4.69, 9.17) is 14.7 Å². The fourth-order valence-electron chi connectivity index (χ4n) is 9.71. The molecule has 0 amide bonds. The Kier molecular flexibility index (Phi) is 7.84. The summed E-state index contributed by atoms with van der Waals surface area (Å²) >= 11 is 0. The van der Waals surface area contributed by atoms with Gasteiger partial charge in [0.15, 0.2) is 5.66 Å². The van der Waals surface area contributed by atoms with Gasteiger partial charge in [-0.05, 0) is 81.5 Å². The van der Waals surface area contributed by atoms with Crippen LogP contribution in [0, 0.1) is 5.92 Å². The summed E-state index contributed by atoms with van der Waals surface area (Å²) < 4.78 is 6.97. The summed E-state index contributed by atoms with van der Waals surface area (Å²) in [6.07, 6.45) is 3.07. The van der Waals surface area contributed by atoms with Crippen molar-refractivity contribution >= 4 is 11.7 Å². The molecule has 2 unspecified atom stereocenters. The van der Waals surface area contributed by atoms with Gasteiger partial charge in [0.1, 0.15) is 23.2 Å². The Balaban J connectivity index is 1.06. The lowest BCUT2D eigenvalue weighted by Gasteiger charge is -2.44. The van der Waals surface area contributed by atoms with E-state index in [0.717, 1.165) is 57.4 Å². The fourth-order valence-corrected chi connectivity index (χ4v) is 9.71. The number of hydrogen-bond donors (Lipinski definition) is 1. The molecule has 4 nitrogen and oxygen atoms in total. The molecule has 4 aliphatic rings. The minimum atomic E-state index is -0.886. The van der Waals surface area contributed by atoms with Crippen LogP contribution in [0.15, 0.2) is 215 Å². The van der Waals surface area contributed by atoms with Crippen molar-refractivity contribution in [3.05, 3.63) is 233 Å². The minimum absolute atomic E-state index is 0.125. The molecule has 0 radical (unpaired) electrons. The molecule has 278 valence electrons. The molecule has 7 aromatic carbocycles. The Morgan fingerprint density at radius 3 is 1.62 bits per heavy atom. The van der Waals surface area contributed by atoms with Crippen molar-refractivity contribution < 1.29 is 4.74 Å². The fraction of sp³-hybridized carbons (Fsp3) is 0.111. The van der Waals surface area contributed by atoms with Crippen LogP contribution in [0.2, 0.25) is 0 Å². The largest absolute Gasteiger partial charge is 0.457 e. The zero-order chi connectivity index (χ0) is 38.8. The van der Waals surface area contributed by atoms with E-state index in [1.807, 2.05) is 0 Å². The molecule has 0 fully saturated rings. The first-order chi connectivity index (χ1) is 28.5. The number of aliphatic imine (C=N–C) groups is 2. The smallest absolute Gasteiger partial charge is 0.177 e. The van der Waals surface area contributed by atoms with E-state index in [1.54, 1.807) is 0 Å². The highest BCUT2D eigenvalue weighted by Crippen LogP contribution is 2.62. The van der Waals surface area contributed by atoms with E-state index < -0.39 is 11.1 Å². The van der Waals surface area contributed by atoms with E-state index in [9.17, 15) is 0 Å². The van der Waals surface area contributed by atoms with Crippen LogP contribution in [-0.4, -0.2) is 11.7 Å². The summed E-state index contributed by atoms with van der Waals surface area (Å²) in [6, 6.07) is 64.8. The molecule has 2 aliphatic heterocycles. The number of nitrogens with one attached hydrogen (secondary N) is 1. The van der Waals surface area contributed by atoms with E-state index in [-0.39, 0.29) is 5.92 Å². The predicted molar refractivity (Wildman–Crippen MR) is 236 cm³/mol. The minimum Gasteiger partial charge on any atom is -0.457 e. The topological polar surface area (TPSA) is 46.0 Å². The molecule has 4 heteroatoms. The Labute approximate surface area is 339 Å². The lowest BCUT2D eigenvalue weighted by Crippen LogP contribution is -2.43. The molecule has 1 spiro atoms. The van der Waals surface area contributed by atoms with Crippen LogP contribution in [0.1, 0.15) is 48.1 Å². The Morgan fingerprint density at radius 1 is 0.517 bits per heavy atom. The number of para-hydroxylation sites is 1. The Bertz CT molecular complexity index is 2820. The van der Waals surface area contributed by atoms with E-state index in [2.05, 4.69) is 207 Å². The molecule has 7 aromatic rings. The van der Waals surface area contributed by atoms with Gasteiger partial charge in [-0.2, -0.15) is 0 Å². The first-order valence-corrected chi connectivity index (χ1v) is 20.2. The molecule has 11 rings (SSSR count). The molecular formula is C54H41N3O. The van der Waals surface area contributed by atoms with Crippen molar-refractivity contribution in [2.24, 2.45) is 15.9 Å². The van der Waals surface area contributed by atoms with Gasteiger partial charge in [-0.25, -0.2) is 9.98 Å². The second kappa shape index (κ2) is 13.3. The third kappa shape index (κ3) is 5.29. The Morgan fingerprint density at radius 2 is 1.00 bits per heavy atom. The van der Waals surface area contributed by atoms with Crippen LogP contribution in [0.5, 0.6) is 5.75 Å². The molecule has 0 bridgehead atoms. The molecule has 58 heavy (non-hydrogen) atoms. The van der Waals surface area contributed by atoms with Gasteiger partial charge in [0.25, 0.3) is 0 Å². The number of nitrogens with zero attached hydrogens (tertiary/aromatic N) is 2. The summed E-state index contributed by atoms with van der Waals surface area (Å²) in [5, 5.41) is 3.75. The maximum atomic E-state index is 6.97. The average Bonchev–Trinajstić information content (AvgIpc) is 3.58. The zero-order valence-corrected chi connectivity index (χ0v) is 32.5. The van der Waals surface area contributed by atoms with Gasteiger partial charge >= 0.3 is 0 Å². The second-order valence-corrected chi connectivity index (χ2v) is 15.9. The summed E-state index contributed by atoms with van der Waals surface area (Å²) in [7, 11) is 0. The quantitative estimate of drug-likeness (QED) is 0.191. The van der Waals surface area contributed by atoms with Crippen molar-refractivity contribution in [3.8, 4) is 39.1 Å². The maximum Gasteiger partial charge on any atom is 0.177 e. The highest BCUT2D eigenvalue weighted by molar-refractivity contribution is 6.16. The SMILES string of the molecule is CC1CC2=C(C=C1C1=NC(C)(c3ccc(-c4ccccc4)cc3)N=C(c3ccc(-c4ccccc4)cc3)N1)Oc1ccccc1C21c2ccccc2-c2ccccc21. The van der Waals surface area contributed by atoms with Crippen molar-refractivity contribution in [2.45, 2.75) is 31.3 Å². The van der Waals surface area contributed by atoms with Gasteiger partial charge in [0, 0.05) is 22.3 Å². The summed E-state index contributed by atoms with van der Waals surface area (Å²) in [4.78, 5) is 10.9. The molecule has 2 heterocycles. The molecule has 2 aliphatic carbocycles. The standard InChI is InChI=1S/C54H41N3O/c1-35-33-48-50(58-49-24-14-13-23-47(49)54(48)45-21-11-9-19-42(45)43-20-10-12-22-46(43)54)34-44(35)52-55-51(40-27-25-38(26-28-40)36-15-5-3-6-16-36)56-53(2,57-52)41-31-29-39(30-32-41)37-17-7-4-8-18-37/h3-32,34-35H,33H2,1-2H3,(H,55,56,57). The third-order valence-corrected chi connectivity index (χ3v) is 12.5. The lowest BCUT2D eigenvalue weighted by atomic mass is 9.62. The summed E-state index contributed by atoms with van der Waals surface area (Å²) in [6.45, 7) is 4.45. The van der Waals surface area contributed by atoms with Gasteiger partial charge in [0.2, 0.25) is 0 Å². The normalized spacial score (nSPS) is 19.7. The van der Waals surface area contributed by atoms with E-state index >= 15 is 0 Å². The van der Waals surface area contributed by atoms with Crippen LogP contribution in [-0.2, 0) is 11.1 Å². The van der Waals surface area contributed by atoms with Crippen molar-refractivity contribution in [1.82, 2.24) is 5.32 Å². The number of hydrogen-bond acceptors (Lipinski definition) is 4. The average molecular weight is 748 g/mol. The van der Waals surface area contributed by atoms with Crippen molar-refractivity contribution in [3.63, 3.8) is 0 Å². The maximum absolute atomic E-state index is 6.97. The second-order valence-electron chi connectivity index (χ2n) is 15.9. The molecule has 0 aromatic heterocycles. The zero-order valence-electron chi connectivity index (χ0n) is 32.5. The number of allylic oxidation sites excluding steroid dienone is 2. The van der Waals surface area contributed by atoms with Crippen LogP contribution in [0.4, 0.5) is 0 Å². The predicted octanol–water partition coefficient (Wildman–Crippen LogP) is 12.3. The molecule has 2 atom stereocenters. The van der Waals surface area contributed by atoms with Gasteiger partial charge in [-0.15, -0.1) is 0 Å². The number of benzene rings is 7. The van der Waals surface area contributed by atoms with Gasteiger partial charge < -0.3 is 10.1 Å². The number of fused-ring (bicyclic) bond motifs is 8. The highest BCUT2D eigenvalue weighted by atomic mass is 16.5. The van der Waals surface area contributed by atoms with E-state index in [1.165, 1.54) is 44.5 Å². The van der Waals surface area contributed by atoms with Crippen LogP contribution < -0.4 is 10.1 Å². The van der Waals surface area contributed by atoms with Crippen molar-refractivity contribution in [1.29, 1.82) is 0 Å². The van der Waals surface area contributed by atoms with Crippen molar-refractivity contribution in [2.75, 3.05) is 0 Å². The first-order valence-electron chi connectivity index (χ1n) is 20.2. The van der Waals surface area contributed by atoms with Gasteiger partial charge in [-0.3, -0.25) is 0 Å². The molecule has 1 N–H and O–H groups in total. The Hall–Kier alpha value is -7.04. The number of rotatable bonds is 5. The molecular weight excluding hydrogens is 707 g/mol. The van der Waals surface area contributed by atoms with Crippen LogP contribution >= 0.6 is 0 Å². The molecule has 0 saturated carbocycles. The van der Waals surface area contributed by atoms with Gasteiger partial charge in [-0.1, -0.05) is 183 Å². The van der Waals surface area contributed by atoms with Crippen LogP contribution in [0.25, 0.3) is 33.4 Å².